The molecule has 0 bridgehead atoms. The Morgan fingerprint density at radius 1 is 0.952 bits per heavy atom. The van der Waals surface area contributed by atoms with Gasteiger partial charge < -0.3 is 10.5 Å². The summed E-state index contributed by atoms with van der Waals surface area (Å²) in [5.74, 6) is -0.141. The van der Waals surface area contributed by atoms with Crippen molar-refractivity contribution in [2.45, 2.75) is 13.3 Å². The molecular weight excluding hydrogens is 264 g/mol. The molecule has 2 aromatic carbocycles. The molecule has 3 N–H and O–H groups in total. The quantitative estimate of drug-likeness (QED) is 0.564. The minimum Gasteiger partial charge on any atom is -0.351 e. The van der Waals surface area contributed by atoms with E-state index in [4.69, 9.17) is 5.21 Å². The van der Waals surface area contributed by atoms with Gasteiger partial charge in [0.15, 0.2) is 0 Å². The maximum absolute atomic E-state index is 11.8. The van der Waals surface area contributed by atoms with E-state index in [0.717, 1.165) is 17.5 Å². The summed E-state index contributed by atoms with van der Waals surface area (Å²) in [6.45, 7) is 2.85. The fourth-order valence-corrected chi connectivity index (χ4v) is 2.08. The molecule has 0 heterocycles. The molecule has 2 rings (SSSR count). The number of carbonyl (C=O) groups is 1. The van der Waals surface area contributed by atoms with E-state index >= 15 is 0 Å². The summed E-state index contributed by atoms with van der Waals surface area (Å²) in [6.07, 6.45) is 1.03. The molecule has 0 saturated carbocycles. The largest absolute Gasteiger partial charge is 0.351 e. The number of rotatable bonds is 6. The lowest BCUT2D eigenvalue weighted by atomic mass is 10.0. The molecule has 0 aliphatic carbocycles. The van der Waals surface area contributed by atoms with Crippen LogP contribution in [-0.4, -0.2) is 24.2 Å². The lowest BCUT2D eigenvalue weighted by Gasteiger charge is -2.06. The van der Waals surface area contributed by atoms with Gasteiger partial charge in [-0.25, -0.2) is 5.48 Å². The Labute approximate surface area is 124 Å². The van der Waals surface area contributed by atoms with Crippen LogP contribution in [0.15, 0.2) is 48.5 Å². The minimum atomic E-state index is -0.141. The fraction of sp³-hybridized carbons (Fsp3) is 0.235. The minimum absolute atomic E-state index is 0.141. The number of carbonyl (C=O) groups excluding carboxylic acids is 1. The lowest BCUT2D eigenvalue weighted by Crippen LogP contribution is -2.30. The molecule has 0 fully saturated rings. The molecule has 0 spiro atoms. The van der Waals surface area contributed by atoms with Crippen LogP contribution < -0.4 is 10.8 Å². The van der Waals surface area contributed by atoms with Gasteiger partial charge in [0.1, 0.15) is 0 Å². The third-order valence-corrected chi connectivity index (χ3v) is 3.36. The summed E-state index contributed by atoms with van der Waals surface area (Å²) in [5.41, 5.74) is 6.16. The topological polar surface area (TPSA) is 61.4 Å². The lowest BCUT2D eigenvalue weighted by molar-refractivity contribution is 0.0945. The Balaban J connectivity index is 2.05. The van der Waals surface area contributed by atoms with Crippen molar-refractivity contribution in [1.29, 1.82) is 0 Å². The predicted molar refractivity (Wildman–Crippen MR) is 83.4 cm³/mol. The number of hydrogen-bond donors (Lipinski definition) is 3. The second-order valence-corrected chi connectivity index (χ2v) is 4.79. The summed E-state index contributed by atoms with van der Waals surface area (Å²) in [6, 6.07) is 16.0. The maximum atomic E-state index is 11.8. The zero-order valence-corrected chi connectivity index (χ0v) is 12.1. The Morgan fingerprint density at radius 3 is 2.05 bits per heavy atom. The van der Waals surface area contributed by atoms with Crippen LogP contribution in [0.1, 0.15) is 22.8 Å². The van der Waals surface area contributed by atoms with Crippen molar-refractivity contribution < 1.29 is 10.0 Å². The molecule has 0 radical (unpaired) electrons. The van der Waals surface area contributed by atoms with E-state index in [9.17, 15) is 4.79 Å². The Bertz CT molecular complexity index is 577. The first-order valence-electron chi connectivity index (χ1n) is 7.09. The van der Waals surface area contributed by atoms with Gasteiger partial charge in [-0.2, -0.15) is 0 Å². The second kappa shape index (κ2) is 7.57. The van der Waals surface area contributed by atoms with Gasteiger partial charge in [0.25, 0.3) is 5.91 Å². The number of nitrogens with one attached hydrogen (secondary N) is 2. The van der Waals surface area contributed by atoms with Crippen LogP contribution >= 0.6 is 0 Å². The molecule has 4 nitrogen and oxygen atoms in total. The summed E-state index contributed by atoms with van der Waals surface area (Å²) in [5, 5.41) is 11.2. The zero-order chi connectivity index (χ0) is 15.1. The first kappa shape index (κ1) is 15.2. The number of hydroxylamine groups is 1. The van der Waals surface area contributed by atoms with Gasteiger partial charge in [-0.15, -0.1) is 0 Å². The van der Waals surface area contributed by atoms with Gasteiger partial charge in [0, 0.05) is 18.7 Å². The van der Waals surface area contributed by atoms with Gasteiger partial charge in [-0.3, -0.25) is 4.79 Å². The van der Waals surface area contributed by atoms with Crippen LogP contribution in [0.2, 0.25) is 0 Å². The molecular formula is C17H20N2O2. The summed E-state index contributed by atoms with van der Waals surface area (Å²) >= 11 is 0. The van der Waals surface area contributed by atoms with Gasteiger partial charge >= 0.3 is 0 Å². The van der Waals surface area contributed by atoms with E-state index in [0.29, 0.717) is 18.7 Å². The normalized spacial score (nSPS) is 10.4. The molecule has 0 aliphatic heterocycles. The average Bonchev–Trinajstić information content (AvgIpc) is 2.55. The molecule has 0 aromatic heterocycles. The highest BCUT2D eigenvalue weighted by molar-refractivity contribution is 5.94. The Morgan fingerprint density at radius 2 is 1.52 bits per heavy atom. The molecule has 4 heteroatoms. The average molecular weight is 284 g/mol. The van der Waals surface area contributed by atoms with Crippen LogP contribution in [-0.2, 0) is 6.42 Å². The first-order valence-corrected chi connectivity index (χ1v) is 7.09. The number of benzene rings is 2. The van der Waals surface area contributed by atoms with E-state index in [1.165, 1.54) is 5.56 Å². The van der Waals surface area contributed by atoms with Crippen molar-refractivity contribution >= 4 is 5.91 Å². The highest BCUT2D eigenvalue weighted by Crippen LogP contribution is 2.20. The van der Waals surface area contributed by atoms with Gasteiger partial charge in [0.2, 0.25) is 0 Å². The van der Waals surface area contributed by atoms with Crippen molar-refractivity contribution in [3.63, 3.8) is 0 Å². The van der Waals surface area contributed by atoms with Crippen LogP contribution in [0, 0.1) is 0 Å². The Hall–Kier alpha value is -2.17. The smallest absolute Gasteiger partial charge is 0.251 e. The van der Waals surface area contributed by atoms with Crippen molar-refractivity contribution in [2.75, 3.05) is 13.1 Å². The van der Waals surface area contributed by atoms with Crippen molar-refractivity contribution in [1.82, 2.24) is 10.8 Å². The predicted octanol–water partition coefficient (Wildman–Crippen LogP) is 2.62. The monoisotopic (exact) mass is 284 g/mol. The summed E-state index contributed by atoms with van der Waals surface area (Å²) < 4.78 is 0. The SMILES string of the molecule is CCc1ccc(-c2ccc(C(=O)NCCNO)cc2)cc1. The standard InChI is InChI=1S/C17H20N2O2/c1-2-13-3-5-14(6-4-13)15-7-9-16(10-8-15)17(20)18-11-12-19-21/h3-10,19,21H,2,11-12H2,1H3,(H,18,20). The first-order chi connectivity index (χ1) is 10.2. The molecule has 1 amide bonds. The van der Waals surface area contributed by atoms with Crippen LogP contribution in [0.4, 0.5) is 0 Å². The highest BCUT2D eigenvalue weighted by Gasteiger charge is 2.05. The van der Waals surface area contributed by atoms with E-state index in [1.54, 1.807) is 0 Å². The molecule has 21 heavy (non-hydrogen) atoms. The van der Waals surface area contributed by atoms with Crippen molar-refractivity contribution in [3.8, 4) is 11.1 Å². The van der Waals surface area contributed by atoms with Gasteiger partial charge in [-0.1, -0.05) is 43.3 Å². The number of aryl methyl sites for hydroxylation is 1. The van der Waals surface area contributed by atoms with Crippen LogP contribution in [0.3, 0.4) is 0 Å². The molecule has 0 atom stereocenters. The van der Waals surface area contributed by atoms with Crippen LogP contribution in [0.25, 0.3) is 11.1 Å². The van der Waals surface area contributed by atoms with E-state index in [-0.39, 0.29) is 5.91 Å². The van der Waals surface area contributed by atoms with E-state index < -0.39 is 0 Å². The van der Waals surface area contributed by atoms with Gasteiger partial charge in [0.05, 0.1) is 0 Å². The summed E-state index contributed by atoms with van der Waals surface area (Å²) in [4.78, 5) is 11.8. The third kappa shape index (κ3) is 4.15. The maximum Gasteiger partial charge on any atom is 0.251 e. The highest BCUT2D eigenvalue weighted by atomic mass is 16.5. The molecule has 0 saturated heterocycles. The number of amides is 1. The van der Waals surface area contributed by atoms with Crippen molar-refractivity contribution in [3.05, 3.63) is 59.7 Å². The van der Waals surface area contributed by atoms with E-state index in [1.807, 2.05) is 29.7 Å². The van der Waals surface area contributed by atoms with E-state index in [2.05, 4.69) is 36.5 Å². The third-order valence-electron chi connectivity index (χ3n) is 3.36. The Kier molecular flexibility index (Phi) is 5.49. The fourth-order valence-electron chi connectivity index (χ4n) is 2.08. The van der Waals surface area contributed by atoms with Gasteiger partial charge in [-0.05, 0) is 35.2 Å². The van der Waals surface area contributed by atoms with Crippen molar-refractivity contribution in [2.24, 2.45) is 0 Å². The van der Waals surface area contributed by atoms with Crippen LogP contribution in [0.5, 0.6) is 0 Å². The molecule has 110 valence electrons. The number of hydrogen-bond acceptors (Lipinski definition) is 3. The molecule has 0 aliphatic rings. The molecule has 0 unspecified atom stereocenters. The summed E-state index contributed by atoms with van der Waals surface area (Å²) in [7, 11) is 0. The molecule has 2 aromatic rings. The zero-order valence-electron chi connectivity index (χ0n) is 12.1. The second-order valence-electron chi connectivity index (χ2n) is 4.79.